The molecule has 1 saturated carbocycles. The third kappa shape index (κ3) is 6.03. The average molecular weight is 493 g/mol. The number of halogens is 5. The Kier molecular flexibility index (Phi) is 7.97. The highest BCUT2D eigenvalue weighted by molar-refractivity contribution is 7.52. The number of esters is 1. The lowest BCUT2D eigenvalue weighted by atomic mass is 9.98. The van der Waals surface area contributed by atoms with E-state index in [9.17, 15) is 31.3 Å². The molecule has 0 aliphatic heterocycles. The molecule has 1 aliphatic carbocycles. The SMILES string of the molecule is CC(NP(=O)(Oc1ccccc1)Oc1c(F)c(F)c(F)c(F)c1F)C(=O)OC1CCCCC1. The zero-order valence-electron chi connectivity index (χ0n) is 17.5. The van der Waals surface area contributed by atoms with Crippen molar-refractivity contribution >= 4 is 13.7 Å². The molecule has 2 aromatic carbocycles. The summed E-state index contributed by atoms with van der Waals surface area (Å²) in [7, 11) is -4.92. The molecule has 0 spiro atoms. The highest BCUT2D eigenvalue weighted by Crippen LogP contribution is 2.47. The molecule has 0 radical (unpaired) electrons. The van der Waals surface area contributed by atoms with Gasteiger partial charge in [0, 0.05) is 0 Å². The maximum absolute atomic E-state index is 14.1. The largest absolute Gasteiger partial charge is 0.513 e. The van der Waals surface area contributed by atoms with E-state index in [1.807, 2.05) is 0 Å². The fraction of sp³-hybridized carbons (Fsp3) is 0.381. The first-order valence-electron chi connectivity index (χ1n) is 10.2. The molecule has 33 heavy (non-hydrogen) atoms. The first-order chi connectivity index (χ1) is 15.6. The number of rotatable bonds is 8. The molecule has 180 valence electrons. The van der Waals surface area contributed by atoms with Crippen LogP contribution in [0.5, 0.6) is 11.5 Å². The van der Waals surface area contributed by atoms with Crippen LogP contribution in [0.15, 0.2) is 30.3 Å². The summed E-state index contributed by atoms with van der Waals surface area (Å²) < 4.78 is 97.4. The highest BCUT2D eigenvalue weighted by atomic mass is 31.2. The van der Waals surface area contributed by atoms with Gasteiger partial charge in [0.1, 0.15) is 17.9 Å². The maximum atomic E-state index is 14.1. The molecule has 3 rings (SSSR count). The molecule has 0 amide bonds. The number of benzene rings is 2. The van der Waals surface area contributed by atoms with Crippen molar-refractivity contribution in [2.45, 2.75) is 51.2 Å². The molecule has 0 heterocycles. The van der Waals surface area contributed by atoms with E-state index in [0.29, 0.717) is 12.8 Å². The first kappa shape index (κ1) is 25.0. The summed E-state index contributed by atoms with van der Waals surface area (Å²) in [4.78, 5) is 12.4. The molecular weight excluding hydrogens is 472 g/mol. The fourth-order valence-corrected chi connectivity index (χ4v) is 4.74. The summed E-state index contributed by atoms with van der Waals surface area (Å²) in [5.74, 6) is -14.5. The van der Waals surface area contributed by atoms with Crippen molar-refractivity contribution in [2.24, 2.45) is 0 Å². The van der Waals surface area contributed by atoms with Gasteiger partial charge in [0.05, 0.1) is 0 Å². The Morgan fingerprint density at radius 3 is 2.03 bits per heavy atom. The van der Waals surface area contributed by atoms with Crippen LogP contribution in [0.1, 0.15) is 39.0 Å². The van der Waals surface area contributed by atoms with E-state index < -0.39 is 54.6 Å². The summed E-state index contributed by atoms with van der Waals surface area (Å²) >= 11 is 0. The number of nitrogens with one attached hydrogen (secondary N) is 1. The molecule has 12 heteroatoms. The topological polar surface area (TPSA) is 73.9 Å². The third-order valence-electron chi connectivity index (χ3n) is 4.89. The summed E-state index contributed by atoms with van der Waals surface area (Å²) in [5.41, 5.74) is 0. The molecule has 1 fully saturated rings. The second-order valence-corrected chi connectivity index (χ2v) is 9.06. The number of carbonyl (C=O) groups is 1. The van der Waals surface area contributed by atoms with Gasteiger partial charge in [-0.05, 0) is 44.7 Å². The van der Waals surface area contributed by atoms with Gasteiger partial charge in [-0.15, -0.1) is 0 Å². The Morgan fingerprint density at radius 2 is 1.45 bits per heavy atom. The standard InChI is InChI=1S/C21H21F5NO5P/c1-12(21(28)30-13-8-4-2-5-9-13)27-33(29,31-14-10-6-3-7-11-14)32-20-18(25)16(23)15(22)17(24)19(20)26/h3,6-7,10-13H,2,4-5,8-9H2,1H3,(H,27,29). The second kappa shape index (κ2) is 10.5. The van der Waals surface area contributed by atoms with Crippen molar-refractivity contribution in [1.29, 1.82) is 0 Å². The van der Waals surface area contributed by atoms with E-state index in [1.165, 1.54) is 31.2 Å². The lowest BCUT2D eigenvalue weighted by molar-refractivity contribution is -0.152. The van der Waals surface area contributed by atoms with E-state index in [2.05, 4.69) is 5.09 Å². The van der Waals surface area contributed by atoms with Crippen molar-refractivity contribution in [2.75, 3.05) is 0 Å². The van der Waals surface area contributed by atoms with E-state index >= 15 is 0 Å². The molecule has 2 unspecified atom stereocenters. The van der Waals surface area contributed by atoms with Crippen LogP contribution < -0.4 is 14.1 Å². The van der Waals surface area contributed by atoms with Crippen LogP contribution >= 0.6 is 7.75 Å². The molecule has 1 N–H and O–H groups in total. The summed E-state index contributed by atoms with van der Waals surface area (Å²) in [6.45, 7) is 1.23. The Morgan fingerprint density at radius 1 is 0.909 bits per heavy atom. The number of ether oxygens (including phenoxy) is 1. The van der Waals surface area contributed by atoms with Crippen molar-refractivity contribution in [3.8, 4) is 11.5 Å². The van der Waals surface area contributed by atoms with Crippen LogP contribution in [0, 0.1) is 29.1 Å². The zero-order chi connectivity index (χ0) is 24.2. The van der Waals surface area contributed by atoms with Crippen LogP contribution in [0.2, 0.25) is 0 Å². The van der Waals surface area contributed by atoms with Gasteiger partial charge >= 0.3 is 13.7 Å². The predicted molar refractivity (Wildman–Crippen MR) is 107 cm³/mol. The van der Waals surface area contributed by atoms with Crippen molar-refractivity contribution in [3.63, 3.8) is 0 Å². The van der Waals surface area contributed by atoms with E-state index in [0.717, 1.165) is 19.3 Å². The minimum atomic E-state index is -4.92. The number of carbonyl (C=O) groups excluding carboxylic acids is 1. The number of hydrogen-bond acceptors (Lipinski definition) is 5. The number of para-hydroxylation sites is 1. The van der Waals surface area contributed by atoms with E-state index in [4.69, 9.17) is 13.8 Å². The number of hydrogen-bond donors (Lipinski definition) is 1. The fourth-order valence-electron chi connectivity index (χ4n) is 3.22. The highest BCUT2D eigenvalue weighted by Gasteiger charge is 2.38. The second-order valence-electron chi connectivity index (χ2n) is 7.44. The molecular formula is C21H21F5NO5P. The molecule has 2 aromatic rings. The van der Waals surface area contributed by atoms with Gasteiger partial charge in [0.25, 0.3) is 0 Å². The van der Waals surface area contributed by atoms with Gasteiger partial charge in [-0.2, -0.15) is 13.9 Å². The van der Waals surface area contributed by atoms with Gasteiger partial charge in [-0.25, -0.2) is 17.7 Å². The minimum absolute atomic E-state index is 0.120. The monoisotopic (exact) mass is 493 g/mol. The molecule has 0 saturated heterocycles. The lowest BCUT2D eigenvalue weighted by Crippen LogP contribution is -2.38. The van der Waals surface area contributed by atoms with E-state index in [-0.39, 0.29) is 11.9 Å². The lowest BCUT2D eigenvalue weighted by Gasteiger charge is -2.26. The van der Waals surface area contributed by atoms with Gasteiger partial charge in [-0.1, -0.05) is 24.6 Å². The van der Waals surface area contributed by atoms with Crippen LogP contribution in [0.25, 0.3) is 0 Å². The van der Waals surface area contributed by atoms with Gasteiger partial charge < -0.3 is 13.8 Å². The Balaban J connectivity index is 1.87. The minimum Gasteiger partial charge on any atom is -0.461 e. The van der Waals surface area contributed by atoms with Crippen LogP contribution in [-0.4, -0.2) is 18.1 Å². The van der Waals surface area contributed by atoms with Gasteiger partial charge in [-0.3, -0.25) is 4.79 Å². The van der Waals surface area contributed by atoms with Gasteiger partial charge in [0.15, 0.2) is 0 Å². The van der Waals surface area contributed by atoms with Gasteiger partial charge in [0.2, 0.25) is 34.8 Å². The molecule has 2 atom stereocenters. The quantitative estimate of drug-likeness (QED) is 0.165. The molecule has 6 nitrogen and oxygen atoms in total. The Hall–Kier alpha value is -2.65. The van der Waals surface area contributed by atoms with Crippen molar-refractivity contribution in [1.82, 2.24) is 5.09 Å². The van der Waals surface area contributed by atoms with Crippen molar-refractivity contribution in [3.05, 3.63) is 59.4 Å². The van der Waals surface area contributed by atoms with E-state index in [1.54, 1.807) is 6.07 Å². The smallest absolute Gasteiger partial charge is 0.461 e. The average Bonchev–Trinajstić information content (AvgIpc) is 2.80. The summed E-state index contributed by atoms with van der Waals surface area (Å²) in [6, 6.07) is 5.77. The summed E-state index contributed by atoms with van der Waals surface area (Å²) in [6.07, 6.45) is 3.71. The predicted octanol–water partition coefficient (Wildman–Crippen LogP) is 5.80. The maximum Gasteiger partial charge on any atom is 0.513 e. The Labute approximate surface area is 186 Å². The van der Waals surface area contributed by atoms with Crippen LogP contribution in [0.3, 0.4) is 0 Å². The third-order valence-corrected chi connectivity index (χ3v) is 6.47. The first-order valence-corrected chi connectivity index (χ1v) is 11.7. The van der Waals surface area contributed by atoms with Crippen LogP contribution in [0.4, 0.5) is 22.0 Å². The molecule has 0 aromatic heterocycles. The normalized spacial score (nSPS) is 17.2. The van der Waals surface area contributed by atoms with Crippen LogP contribution in [-0.2, 0) is 14.1 Å². The molecule has 0 bridgehead atoms. The zero-order valence-corrected chi connectivity index (χ0v) is 18.3. The van der Waals surface area contributed by atoms with Crippen molar-refractivity contribution < 1.29 is 45.1 Å². The Bertz CT molecular complexity index is 1020. The summed E-state index contributed by atoms with van der Waals surface area (Å²) in [5, 5.41) is 2.15. The molecule has 1 aliphatic rings.